The quantitative estimate of drug-likeness (QED) is 0.769. The Bertz CT molecular complexity index is 613. The number of amides is 1. The smallest absolute Gasteiger partial charge is 0.241 e. The lowest BCUT2D eigenvalue weighted by atomic mass is 10.2. The minimum Gasteiger partial charge on any atom is -0.398 e. The third kappa shape index (κ3) is 2.57. The van der Waals surface area contributed by atoms with Gasteiger partial charge in [-0.05, 0) is 31.0 Å². The van der Waals surface area contributed by atoms with E-state index < -0.39 is 16.1 Å². The number of likely N-dealkylation sites (tertiary alicyclic amines) is 1. The molecule has 1 atom stereocenters. The van der Waals surface area contributed by atoms with E-state index in [2.05, 4.69) is 4.72 Å². The van der Waals surface area contributed by atoms with Gasteiger partial charge in [0.2, 0.25) is 15.9 Å². The number of benzene rings is 1. The maximum atomic E-state index is 12.3. The van der Waals surface area contributed by atoms with Crippen molar-refractivity contribution < 1.29 is 13.2 Å². The second-order valence-corrected chi connectivity index (χ2v) is 6.38. The minimum atomic E-state index is -3.73. The fourth-order valence-electron chi connectivity index (χ4n) is 2.11. The van der Waals surface area contributed by atoms with Crippen LogP contribution < -0.4 is 10.5 Å². The number of nitrogens with two attached hydrogens (primary N) is 1. The zero-order valence-electron chi connectivity index (χ0n) is 10.9. The van der Waals surface area contributed by atoms with E-state index in [4.69, 9.17) is 5.73 Å². The highest BCUT2D eigenvalue weighted by molar-refractivity contribution is 7.89. The molecule has 1 aliphatic heterocycles. The van der Waals surface area contributed by atoms with Crippen molar-refractivity contribution in [2.75, 3.05) is 19.3 Å². The fraction of sp³-hybridized carbons (Fsp3) is 0.417. The Labute approximate surface area is 112 Å². The molecule has 0 radical (unpaired) electrons. The molecule has 1 aromatic carbocycles. The number of carbonyl (C=O) groups excluding carboxylic acids is 1. The highest BCUT2D eigenvalue weighted by Gasteiger charge is 2.33. The topological polar surface area (TPSA) is 92.5 Å². The lowest BCUT2D eigenvalue weighted by Crippen LogP contribution is -2.40. The molecular weight excluding hydrogens is 266 g/mol. The van der Waals surface area contributed by atoms with E-state index in [-0.39, 0.29) is 10.8 Å². The van der Waals surface area contributed by atoms with E-state index in [1.54, 1.807) is 26.1 Å². The Hall–Kier alpha value is -1.60. The molecule has 2 rings (SSSR count). The predicted molar refractivity (Wildman–Crippen MR) is 72.0 cm³/mol. The van der Waals surface area contributed by atoms with Crippen LogP contribution in [0.25, 0.3) is 0 Å². The highest BCUT2D eigenvalue weighted by Crippen LogP contribution is 2.21. The largest absolute Gasteiger partial charge is 0.398 e. The molecule has 1 heterocycles. The van der Waals surface area contributed by atoms with E-state index in [9.17, 15) is 13.2 Å². The van der Waals surface area contributed by atoms with Gasteiger partial charge < -0.3 is 10.6 Å². The second-order valence-electron chi connectivity index (χ2n) is 4.69. The third-order valence-electron chi connectivity index (χ3n) is 3.34. The highest BCUT2D eigenvalue weighted by atomic mass is 32.2. The summed E-state index contributed by atoms with van der Waals surface area (Å²) < 4.78 is 27.0. The summed E-state index contributed by atoms with van der Waals surface area (Å²) in [6.45, 7) is 2.20. The van der Waals surface area contributed by atoms with Gasteiger partial charge in [0.15, 0.2) is 0 Å². The average molecular weight is 283 g/mol. The first kappa shape index (κ1) is 13.8. The summed E-state index contributed by atoms with van der Waals surface area (Å²) in [5, 5.41) is 0. The van der Waals surface area contributed by atoms with Gasteiger partial charge in [0, 0.05) is 19.3 Å². The number of nitrogens with one attached hydrogen (secondary N) is 1. The van der Waals surface area contributed by atoms with Crippen molar-refractivity contribution in [1.29, 1.82) is 0 Å². The number of anilines is 1. The molecule has 1 aromatic rings. The zero-order chi connectivity index (χ0) is 14.2. The third-order valence-corrected chi connectivity index (χ3v) is 4.96. The number of likely N-dealkylation sites (N-methyl/N-ethyl adjacent to an activating group) is 1. The van der Waals surface area contributed by atoms with Gasteiger partial charge in [-0.3, -0.25) is 4.79 Å². The number of nitrogens with zero attached hydrogens (tertiary/aromatic N) is 1. The summed E-state index contributed by atoms with van der Waals surface area (Å²) in [5.41, 5.74) is 6.62. The number of rotatable bonds is 3. The minimum absolute atomic E-state index is 0.120. The number of nitrogen functional groups attached to an aromatic ring is 1. The molecule has 3 N–H and O–H groups in total. The van der Waals surface area contributed by atoms with Gasteiger partial charge in [-0.2, -0.15) is 4.72 Å². The van der Waals surface area contributed by atoms with E-state index in [1.807, 2.05) is 0 Å². The number of hydrogen-bond donors (Lipinski definition) is 2. The summed E-state index contributed by atoms with van der Waals surface area (Å²) in [6, 6.07) is 4.02. The molecule has 0 bridgehead atoms. The molecule has 1 saturated heterocycles. The first-order valence-corrected chi connectivity index (χ1v) is 7.43. The van der Waals surface area contributed by atoms with Crippen molar-refractivity contribution in [3.63, 3.8) is 0 Å². The summed E-state index contributed by atoms with van der Waals surface area (Å²) >= 11 is 0. The molecule has 1 unspecified atom stereocenters. The molecule has 1 amide bonds. The van der Waals surface area contributed by atoms with Crippen LogP contribution in [0, 0.1) is 6.92 Å². The molecule has 0 aromatic heterocycles. The van der Waals surface area contributed by atoms with Crippen molar-refractivity contribution in [3.05, 3.63) is 23.8 Å². The van der Waals surface area contributed by atoms with Crippen LogP contribution >= 0.6 is 0 Å². The Morgan fingerprint density at radius 3 is 2.68 bits per heavy atom. The van der Waals surface area contributed by atoms with E-state index in [0.29, 0.717) is 24.2 Å². The van der Waals surface area contributed by atoms with E-state index in [1.165, 1.54) is 11.0 Å². The standard InChI is InChI=1S/C12H17N3O3S/c1-8-9(13)4-3-5-11(8)19(17,18)14-10-6-7-15(2)12(10)16/h3-5,10,14H,6-7,13H2,1-2H3. The van der Waals surface area contributed by atoms with Crippen LogP contribution in [0.3, 0.4) is 0 Å². The maximum Gasteiger partial charge on any atom is 0.241 e. The Kier molecular flexibility index (Phi) is 3.51. The zero-order valence-corrected chi connectivity index (χ0v) is 11.7. The number of carbonyl (C=O) groups is 1. The number of sulfonamides is 1. The van der Waals surface area contributed by atoms with Gasteiger partial charge in [0.05, 0.1) is 4.90 Å². The van der Waals surface area contributed by atoms with Crippen LogP contribution in [0.2, 0.25) is 0 Å². The first-order chi connectivity index (χ1) is 8.83. The predicted octanol–water partition coefficient (Wildman–Crippen LogP) is 0.0862. The van der Waals surface area contributed by atoms with Crippen LogP contribution in [0.4, 0.5) is 5.69 Å². The van der Waals surface area contributed by atoms with Crippen molar-refractivity contribution in [3.8, 4) is 0 Å². The fourth-order valence-corrected chi connectivity index (χ4v) is 3.60. The number of hydrogen-bond acceptors (Lipinski definition) is 4. The molecule has 104 valence electrons. The molecule has 0 saturated carbocycles. The molecule has 1 aliphatic rings. The molecule has 0 spiro atoms. The molecule has 19 heavy (non-hydrogen) atoms. The maximum absolute atomic E-state index is 12.3. The van der Waals surface area contributed by atoms with Crippen LogP contribution in [0.1, 0.15) is 12.0 Å². The van der Waals surface area contributed by atoms with Gasteiger partial charge in [0.25, 0.3) is 0 Å². The van der Waals surface area contributed by atoms with E-state index in [0.717, 1.165) is 0 Å². The van der Waals surface area contributed by atoms with Crippen molar-refractivity contribution in [1.82, 2.24) is 9.62 Å². The van der Waals surface area contributed by atoms with E-state index >= 15 is 0 Å². The van der Waals surface area contributed by atoms with Crippen LogP contribution in [-0.2, 0) is 14.8 Å². The Morgan fingerprint density at radius 2 is 2.11 bits per heavy atom. The summed E-state index contributed by atoms with van der Waals surface area (Å²) in [6.07, 6.45) is 0.482. The lowest BCUT2D eigenvalue weighted by molar-refractivity contribution is -0.127. The van der Waals surface area contributed by atoms with Crippen molar-refractivity contribution in [2.45, 2.75) is 24.3 Å². The summed E-state index contributed by atoms with van der Waals surface area (Å²) in [5.74, 6) is -0.204. The monoisotopic (exact) mass is 283 g/mol. The molecule has 6 nitrogen and oxygen atoms in total. The van der Waals surface area contributed by atoms with Crippen LogP contribution in [0.15, 0.2) is 23.1 Å². The van der Waals surface area contributed by atoms with Crippen LogP contribution in [-0.4, -0.2) is 38.9 Å². The van der Waals surface area contributed by atoms with Gasteiger partial charge in [-0.15, -0.1) is 0 Å². The lowest BCUT2D eigenvalue weighted by Gasteiger charge is -2.14. The summed E-state index contributed by atoms with van der Waals surface area (Å²) in [4.78, 5) is 13.4. The van der Waals surface area contributed by atoms with Gasteiger partial charge in [0.1, 0.15) is 6.04 Å². The Morgan fingerprint density at radius 1 is 1.42 bits per heavy atom. The molecule has 0 aliphatic carbocycles. The average Bonchev–Trinajstić information content (AvgIpc) is 2.64. The van der Waals surface area contributed by atoms with Crippen molar-refractivity contribution >= 4 is 21.6 Å². The SMILES string of the molecule is Cc1c(N)cccc1S(=O)(=O)NC1CCN(C)C1=O. The second kappa shape index (κ2) is 4.82. The molecule has 1 fully saturated rings. The van der Waals surface area contributed by atoms with Gasteiger partial charge in [-0.25, -0.2) is 8.42 Å². The summed E-state index contributed by atoms with van der Waals surface area (Å²) in [7, 11) is -2.08. The normalized spacial score (nSPS) is 20.0. The molecular formula is C12H17N3O3S. The van der Waals surface area contributed by atoms with Gasteiger partial charge >= 0.3 is 0 Å². The van der Waals surface area contributed by atoms with Gasteiger partial charge in [-0.1, -0.05) is 6.07 Å². The first-order valence-electron chi connectivity index (χ1n) is 5.95. The van der Waals surface area contributed by atoms with Crippen LogP contribution in [0.5, 0.6) is 0 Å². The van der Waals surface area contributed by atoms with Crippen molar-refractivity contribution in [2.24, 2.45) is 0 Å². The molecule has 7 heteroatoms. The Balaban J connectivity index is 2.29.